The van der Waals surface area contributed by atoms with Crippen LogP contribution in [0.5, 0.6) is 0 Å². The quantitative estimate of drug-likeness (QED) is 0.568. The highest BCUT2D eigenvalue weighted by Crippen LogP contribution is 2.24. The molecule has 2 atom stereocenters. The van der Waals surface area contributed by atoms with Gasteiger partial charge in [0.15, 0.2) is 0 Å². The standard InChI is InChI=1S/C18H28O6/c1-13(19)6-3-10-17(21)23-15-8-5-9-16(12-15)24-18(22)11-4-7-14(2)20/h15-16H,3-12H2,1-2H3. The second-order valence-electron chi connectivity index (χ2n) is 6.50. The summed E-state index contributed by atoms with van der Waals surface area (Å²) in [4.78, 5) is 45.2. The van der Waals surface area contributed by atoms with Crippen molar-refractivity contribution in [2.75, 3.05) is 0 Å². The molecule has 24 heavy (non-hydrogen) atoms. The third kappa shape index (κ3) is 9.43. The van der Waals surface area contributed by atoms with Crippen LogP contribution in [0.25, 0.3) is 0 Å². The second-order valence-corrected chi connectivity index (χ2v) is 6.50. The van der Waals surface area contributed by atoms with Crippen LogP contribution in [0.3, 0.4) is 0 Å². The van der Waals surface area contributed by atoms with E-state index in [0.29, 0.717) is 32.1 Å². The molecule has 0 heterocycles. The van der Waals surface area contributed by atoms with Crippen molar-refractivity contribution < 1.29 is 28.7 Å². The molecule has 2 unspecified atom stereocenters. The number of ether oxygens (including phenoxy) is 2. The number of hydrogen-bond donors (Lipinski definition) is 0. The molecule has 1 aliphatic carbocycles. The SMILES string of the molecule is CC(=O)CCCC(=O)OC1CCCC(OC(=O)CCCC(C)=O)C1. The van der Waals surface area contributed by atoms with E-state index in [1.54, 1.807) is 0 Å². The monoisotopic (exact) mass is 340 g/mol. The fourth-order valence-corrected chi connectivity index (χ4v) is 2.77. The molecule has 6 nitrogen and oxygen atoms in total. The van der Waals surface area contributed by atoms with E-state index in [1.165, 1.54) is 13.8 Å². The van der Waals surface area contributed by atoms with Gasteiger partial charge in [0.05, 0.1) is 0 Å². The highest BCUT2D eigenvalue weighted by molar-refractivity contribution is 5.77. The minimum atomic E-state index is -0.297. The summed E-state index contributed by atoms with van der Waals surface area (Å²) in [5.41, 5.74) is 0. The highest BCUT2D eigenvalue weighted by Gasteiger charge is 2.27. The van der Waals surface area contributed by atoms with Crippen molar-refractivity contribution in [2.24, 2.45) is 0 Å². The van der Waals surface area contributed by atoms with E-state index in [0.717, 1.165) is 19.3 Å². The molecule has 0 aliphatic heterocycles. The van der Waals surface area contributed by atoms with E-state index in [9.17, 15) is 19.2 Å². The van der Waals surface area contributed by atoms with Crippen LogP contribution < -0.4 is 0 Å². The highest BCUT2D eigenvalue weighted by atomic mass is 16.6. The molecular weight excluding hydrogens is 312 g/mol. The lowest BCUT2D eigenvalue weighted by atomic mass is 9.94. The predicted octanol–water partition coefficient (Wildman–Crippen LogP) is 2.90. The zero-order chi connectivity index (χ0) is 17.9. The Morgan fingerprint density at radius 2 is 1.17 bits per heavy atom. The summed E-state index contributed by atoms with van der Waals surface area (Å²) in [5.74, 6) is -0.459. The van der Waals surface area contributed by atoms with E-state index in [1.807, 2.05) is 0 Å². The number of esters is 2. The maximum Gasteiger partial charge on any atom is 0.306 e. The van der Waals surface area contributed by atoms with Crippen molar-refractivity contribution in [2.45, 2.75) is 90.3 Å². The molecular formula is C18H28O6. The van der Waals surface area contributed by atoms with E-state index >= 15 is 0 Å². The Bertz CT molecular complexity index is 416. The minimum absolute atomic E-state index is 0.0669. The van der Waals surface area contributed by atoms with Crippen molar-refractivity contribution in [3.63, 3.8) is 0 Å². The van der Waals surface area contributed by atoms with Gasteiger partial charge in [0.1, 0.15) is 23.8 Å². The Hall–Kier alpha value is -1.72. The van der Waals surface area contributed by atoms with E-state index in [4.69, 9.17) is 9.47 Å². The Morgan fingerprint density at radius 3 is 1.54 bits per heavy atom. The third-order valence-corrected chi connectivity index (χ3v) is 3.99. The Labute approximate surface area is 143 Å². The number of hydrogen-bond acceptors (Lipinski definition) is 6. The van der Waals surface area contributed by atoms with Gasteiger partial charge in [0, 0.05) is 32.1 Å². The lowest BCUT2D eigenvalue weighted by Crippen LogP contribution is -2.31. The van der Waals surface area contributed by atoms with Gasteiger partial charge in [-0.1, -0.05) is 0 Å². The molecule has 1 aliphatic rings. The lowest BCUT2D eigenvalue weighted by molar-refractivity contribution is -0.158. The molecule has 0 radical (unpaired) electrons. The number of ketones is 2. The molecule has 0 spiro atoms. The fraction of sp³-hybridized carbons (Fsp3) is 0.778. The van der Waals surface area contributed by atoms with Crippen LogP contribution >= 0.6 is 0 Å². The van der Waals surface area contributed by atoms with Crippen LogP contribution in [-0.4, -0.2) is 35.7 Å². The van der Waals surface area contributed by atoms with Crippen molar-refractivity contribution in [3.8, 4) is 0 Å². The summed E-state index contributed by atoms with van der Waals surface area (Å²) in [7, 11) is 0. The first-order valence-corrected chi connectivity index (χ1v) is 8.74. The second kappa shape index (κ2) is 10.9. The van der Waals surface area contributed by atoms with Gasteiger partial charge < -0.3 is 19.1 Å². The molecule has 0 N–H and O–H groups in total. The summed E-state index contributed by atoms with van der Waals surface area (Å²) in [6.45, 7) is 3.00. The largest absolute Gasteiger partial charge is 0.462 e. The molecule has 6 heteroatoms. The van der Waals surface area contributed by atoms with Crippen LogP contribution in [0, 0.1) is 0 Å². The summed E-state index contributed by atoms with van der Waals surface area (Å²) in [6.07, 6.45) is 4.75. The van der Waals surface area contributed by atoms with Gasteiger partial charge in [-0.3, -0.25) is 9.59 Å². The first-order valence-electron chi connectivity index (χ1n) is 8.74. The van der Waals surface area contributed by atoms with E-state index < -0.39 is 0 Å². The van der Waals surface area contributed by atoms with Crippen LogP contribution in [0.4, 0.5) is 0 Å². The molecule has 1 rings (SSSR count). The number of Topliss-reactive ketones (excluding diaryl/α,β-unsaturated/α-hetero) is 2. The number of carbonyl (C=O) groups excluding carboxylic acids is 4. The van der Waals surface area contributed by atoms with Crippen molar-refractivity contribution in [1.29, 1.82) is 0 Å². The van der Waals surface area contributed by atoms with Gasteiger partial charge in [-0.2, -0.15) is 0 Å². The first kappa shape index (κ1) is 20.3. The third-order valence-electron chi connectivity index (χ3n) is 3.99. The van der Waals surface area contributed by atoms with Crippen LogP contribution in [0.15, 0.2) is 0 Å². The summed E-state index contributed by atoms with van der Waals surface area (Å²) < 4.78 is 10.8. The van der Waals surface area contributed by atoms with Gasteiger partial charge in [-0.05, 0) is 46.0 Å². The van der Waals surface area contributed by atoms with E-state index in [-0.39, 0.29) is 48.6 Å². The first-order chi connectivity index (χ1) is 11.4. The zero-order valence-corrected chi connectivity index (χ0v) is 14.7. The molecule has 0 bridgehead atoms. The fourth-order valence-electron chi connectivity index (χ4n) is 2.77. The summed E-state index contributed by atoms with van der Waals surface area (Å²) in [6, 6.07) is 0. The average Bonchev–Trinajstić information content (AvgIpc) is 2.46. The summed E-state index contributed by atoms with van der Waals surface area (Å²) in [5, 5.41) is 0. The topological polar surface area (TPSA) is 86.7 Å². The van der Waals surface area contributed by atoms with Crippen LogP contribution in [0.1, 0.15) is 78.1 Å². The van der Waals surface area contributed by atoms with E-state index in [2.05, 4.69) is 0 Å². The van der Waals surface area contributed by atoms with Gasteiger partial charge >= 0.3 is 11.9 Å². The zero-order valence-electron chi connectivity index (χ0n) is 14.7. The summed E-state index contributed by atoms with van der Waals surface area (Å²) >= 11 is 0. The molecule has 1 saturated carbocycles. The number of carbonyl (C=O) groups is 4. The van der Waals surface area contributed by atoms with Gasteiger partial charge in [-0.15, -0.1) is 0 Å². The number of rotatable bonds is 10. The Morgan fingerprint density at radius 1 is 0.750 bits per heavy atom. The van der Waals surface area contributed by atoms with Gasteiger partial charge in [-0.25, -0.2) is 0 Å². The van der Waals surface area contributed by atoms with Gasteiger partial charge in [0.25, 0.3) is 0 Å². The molecule has 0 aromatic rings. The maximum atomic E-state index is 11.8. The molecule has 0 aromatic carbocycles. The minimum Gasteiger partial charge on any atom is -0.462 e. The molecule has 136 valence electrons. The smallest absolute Gasteiger partial charge is 0.306 e. The van der Waals surface area contributed by atoms with Crippen LogP contribution in [-0.2, 0) is 28.7 Å². The molecule has 0 amide bonds. The predicted molar refractivity (Wildman–Crippen MR) is 87.3 cm³/mol. The van der Waals surface area contributed by atoms with Gasteiger partial charge in [0.2, 0.25) is 0 Å². The average molecular weight is 340 g/mol. The normalized spacial score (nSPS) is 20.2. The maximum absolute atomic E-state index is 11.8. The molecule has 0 aromatic heterocycles. The van der Waals surface area contributed by atoms with Crippen molar-refractivity contribution >= 4 is 23.5 Å². The lowest BCUT2D eigenvalue weighted by Gasteiger charge is -2.28. The molecule has 1 fully saturated rings. The van der Waals surface area contributed by atoms with Crippen molar-refractivity contribution in [1.82, 2.24) is 0 Å². The molecule has 0 saturated heterocycles. The van der Waals surface area contributed by atoms with Crippen molar-refractivity contribution in [3.05, 3.63) is 0 Å². The Kier molecular flexibility index (Phi) is 9.27. The van der Waals surface area contributed by atoms with Crippen LogP contribution in [0.2, 0.25) is 0 Å². The Balaban J connectivity index is 2.25.